The third kappa shape index (κ3) is 29.7. The quantitative estimate of drug-likeness (QED) is 0.0301. The van der Waals surface area contributed by atoms with Crippen molar-refractivity contribution in [3.63, 3.8) is 0 Å². The van der Waals surface area contributed by atoms with Crippen LogP contribution in [0.5, 0.6) is 0 Å². The lowest BCUT2D eigenvalue weighted by Gasteiger charge is -2.49. The summed E-state index contributed by atoms with van der Waals surface area (Å²) in [5.41, 5.74) is 0. The van der Waals surface area contributed by atoms with Crippen LogP contribution in [0.15, 0.2) is 12.2 Å². The van der Waals surface area contributed by atoms with Gasteiger partial charge in [0.15, 0.2) is 25.2 Å². The molecule has 0 saturated carbocycles. The Balaban J connectivity index is 1.29. The van der Waals surface area contributed by atoms with E-state index in [9.17, 15) is 76.0 Å². The zero-order chi connectivity index (χ0) is 67.9. The minimum absolute atomic E-state index is 0.219. The summed E-state index contributed by atoms with van der Waals surface area (Å²) in [6, 6.07) is -2.53. The molecule has 2 amide bonds. The second kappa shape index (κ2) is 48.6. The molecule has 0 radical (unpaired) electrons. The van der Waals surface area contributed by atoms with Gasteiger partial charge in [-0.3, -0.25) is 9.59 Å². The van der Waals surface area contributed by atoms with Crippen LogP contribution in [0.1, 0.15) is 239 Å². The minimum Gasteiger partial charge on any atom is -0.394 e. The van der Waals surface area contributed by atoms with Gasteiger partial charge in [0.2, 0.25) is 11.8 Å². The molecule has 4 fully saturated rings. The van der Waals surface area contributed by atoms with E-state index < -0.39 is 174 Å². The molecule has 0 aliphatic carbocycles. The SMILES string of the molecule is CCCCCCCCCCCCC/C=C/[C@@H](O)C(CO[C@@H]1OC(CO)[C@@H](O[C@@H]2OC(CO)[C@H](O[C@H]3OC(CO)[C@H](O)[C@H](O[C@@H]4OC(CO)[C@H](O)[C@H](O)C4NC(C)=O)C3O)[C@H](O)C2O)[C@H](O)C1O)NC(=O)CCCCCCCCCCCCCCCCCCCCCCC. The molecule has 0 spiro atoms. The Morgan fingerprint density at radius 3 is 1.23 bits per heavy atom. The van der Waals surface area contributed by atoms with Crippen molar-refractivity contribution in [2.24, 2.45) is 0 Å². The van der Waals surface area contributed by atoms with Crippen LogP contribution in [-0.4, -0.2) is 246 Å². The molecule has 25 heteroatoms. The molecular formula is C68H126N2O23. The van der Waals surface area contributed by atoms with Crippen molar-refractivity contribution >= 4 is 11.8 Å². The lowest BCUT2D eigenvalue weighted by Crippen LogP contribution is -2.69. The van der Waals surface area contributed by atoms with Gasteiger partial charge in [-0.25, -0.2) is 0 Å². The Bertz CT molecular complexity index is 1930. The average molecular weight is 1340 g/mol. The van der Waals surface area contributed by atoms with Crippen LogP contribution in [0, 0.1) is 0 Å². The first-order valence-electron chi connectivity index (χ1n) is 35.9. The number of hydrogen-bond acceptors (Lipinski definition) is 23. The van der Waals surface area contributed by atoms with E-state index in [0.717, 1.165) is 45.4 Å². The van der Waals surface area contributed by atoms with E-state index in [1.165, 1.54) is 161 Å². The highest BCUT2D eigenvalue weighted by Gasteiger charge is 2.56. The fraction of sp³-hybridized carbons (Fsp3) is 0.941. The standard InChI is InChI=1S/C68H126N2O23/c1-4-6-8-10-12-14-16-18-19-20-21-22-23-24-25-27-29-31-33-35-37-39-52(77)70-46(47(76)38-36-34-32-30-28-26-17-15-13-11-9-7-5-2)44-86-66-59(83)57(81)62(50(42-73)89-66)91-67-60(84)58(82)63(51(43-74)90-67)92-68-61(85)64(55(79)49(41-72)88-68)93-65-53(69-45(3)75)56(80)54(78)48(40-71)87-65/h36,38,46-51,53-68,71-74,76,78-85H,4-35,37,39-44H2,1-3H3,(H,69,75)(H,70,77)/b38-36+/t46?,47-,48?,49?,50?,51?,53?,54+,55+,56-,57-,58-,59?,60?,61?,62-,63+,64+,65+,66-,67+,68-/m1/s1. The lowest BCUT2D eigenvalue weighted by atomic mass is 9.95. The summed E-state index contributed by atoms with van der Waals surface area (Å²) in [5.74, 6) is -0.999. The van der Waals surface area contributed by atoms with Gasteiger partial charge in [0.1, 0.15) is 97.6 Å². The van der Waals surface area contributed by atoms with E-state index in [2.05, 4.69) is 24.5 Å². The number of hydrogen-bond donors (Lipinski definition) is 15. The van der Waals surface area contributed by atoms with Crippen molar-refractivity contribution in [1.82, 2.24) is 10.6 Å². The van der Waals surface area contributed by atoms with E-state index in [0.29, 0.717) is 12.8 Å². The largest absolute Gasteiger partial charge is 0.394 e. The Labute approximate surface area is 553 Å². The molecule has 0 aromatic rings. The van der Waals surface area contributed by atoms with Gasteiger partial charge in [-0.1, -0.05) is 219 Å². The first-order chi connectivity index (χ1) is 45.0. The van der Waals surface area contributed by atoms with Gasteiger partial charge in [-0.15, -0.1) is 0 Å². The van der Waals surface area contributed by atoms with Crippen molar-refractivity contribution in [2.75, 3.05) is 33.0 Å². The average Bonchev–Trinajstić information content (AvgIpc) is 1.36. The van der Waals surface area contributed by atoms with Crippen LogP contribution >= 0.6 is 0 Å². The summed E-state index contributed by atoms with van der Waals surface area (Å²) >= 11 is 0. The van der Waals surface area contributed by atoms with Crippen LogP contribution in [0.2, 0.25) is 0 Å². The number of allylic oxidation sites excluding steroid dienone is 1. The number of ether oxygens (including phenoxy) is 8. The number of rotatable bonds is 51. The Morgan fingerprint density at radius 2 is 0.785 bits per heavy atom. The van der Waals surface area contributed by atoms with E-state index in [1.54, 1.807) is 6.08 Å². The lowest BCUT2D eigenvalue weighted by molar-refractivity contribution is -0.386. The molecule has 0 bridgehead atoms. The van der Waals surface area contributed by atoms with Crippen molar-refractivity contribution in [3.8, 4) is 0 Å². The molecule has 4 aliphatic rings. The topological polar surface area (TPSA) is 395 Å². The summed E-state index contributed by atoms with van der Waals surface area (Å²) < 4.78 is 46.5. The summed E-state index contributed by atoms with van der Waals surface area (Å²) in [7, 11) is 0. The zero-order valence-electron chi connectivity index (χ0n) is 56.3. The van der Waals surface area contributed by atoms with E-state index in [1.807, 2.05) is 6.08 Å². The highest BCUT2D eigenvalue weighted by atomic mass is 16.8. The third-order valence-electron chi connectivity index (χ3n) is 18.6. The van der Waals surface area contributed by atoms with Gasteiger partial charge in [-0.05, 0) is 19.3 Å². The van der Waals surface area contributed by atoms with Crippen molar-refractivity contribution in [2.45, 2.75) is 374 Å². The number of aliphatic hydroxyl groups is 13. The molecule has 93 heavy (non-hydrogen) atoms. The minimum atomic E-state index is -2.10. The molecule has 25 nitrogen and oxygen atoms in total. The maximum atomic E-state index is 13.4. The normalized spacial score (nSPS) is 32.4. The fourth-order valence-electron chi connectivity index (χ4n) is 12.8. The summed E-state index contributed by atoms with van der Waals surface area (Å²) in [5, 5.41) is 148. The van der Waals surface area contributed by atoms with E-state index in [4.69, 9.17) is 37.9 Å². The molecule has 4 rings (SSSR count). The second-order valence-electron chi connectivity index (χ2n) is 26.4. The van der Waals surface area contributed by atoms with Crippen LogP contribution in [0.25, 0.3) is 0 Å². The maximum absolute atomic E-state index is 13.4. The number of carbonyl (C=O) groups is 2. The molecule has 0 aromatic heterocycles. The number of amides is 2. The molecule has 546 valence electrons. The monoisotopic (exact) mass is 1340 g/mol. The Hall–Kier alpha value is -2.16. The summed E-state index contributed by atoms with van der Waals surface area (Å²) in [6.45, 7) is 1.65. The molecule has 4 aliphatic heterocycles. The first kappa shape index (κ1) is 83.3. The van der Waals surface area contributed by atoms with Crippen molar-refractivity contribution in [1.29, 1.82) is 0 Å². The van der Waals surface area contributed by atoms with Crippen LogP contribution in [0.3, 0.4) is 0 Å². The number of aliphatic hydroxyl groups excluding tert-OH is 13. The molecule has 15 N–H and O–H groups in total. The number of nitrogens with one attached hydrogen (secondary N) is 2. The molecular weight excluding hydrogens is 1210 g/mol. The zero-order valence-corrected chi connectivity index (χ0v) is 56.3. The van der Waals surface area contributed by atoms with Gasteiger partial charge in [-0.2, -0.15) is 0 Å². The highest BCUT2D eigenvalue weighted by Crippen LogP contribution is 2.35. The smallest absolute Gasteiger partial charge is 0.220 e. The van der Waals surface area contributed by atoms with Crippen molar-refractivity contribution < 1.29 is 114 Å². The van der Waals surface area contributed by atoms with Crippen molar-refractivity contribution in [3.05, 3.63) is 12.2 Å². The predicted octanol–water partition coefficient (Wildman–Crippen LogP) is 4.12. The third-order valence-corrected chi connectivity index (χ3v) is 18.6. The number of carbonyl (C=O) groups excluding carboxylic acids is 2. The molecule has 4 saturated heterocycles. The molecule has 22 atom stereocenters. The van der Waals surface area contributed by atoms with Crippen LogP contribution in [0.4, 0.5) is 0 Å². The summed E-state index contributed by atoms with van der Waals surface area (Å²) in [6.07, 6.45) is 8.46. The van der Waals surface area contributed by atoms with Crippen LogP contribution in [-0.2, 0) is 47.5 Å². The van der Waals surface area contributed by atoms with Gasteiger partial charge < -0.3 is 115 Å². The first-order valence-corrected chi connectivity index (χ1v) is 35.9. The Morgan fingerprint density at radius 1 is 0.419 bits per heavy atom. The van der Waals surface area contributed by atoms with Gasteiger partial charge in [0, 0.05) is 13.3 Å². The highest BCUT2D eigenvalue weighted by molar-refractivity contribution is 5.76. The molecule has 9 unspecified atom stereocenters. The second-order valence-corrected chi connectivity index (χ2v) is 26.4. The van der Waals surface area contributed by atoms with E-state index >= 15 is 0 Å². The van der Waals surface area contributed by atoms with Gasteiger partial charge in [0.05, 0.1) is 45.2 Å². The van der Waals surface area contributed by atoms with Gasteiger partial charge in [0.25, 0.3) is 0 Å². The fourth-order valence-corrected chi connectivity index (χ4v) is 12.8. The van der Waals surface area contributed by atoms with E-state index in [-0.39, 0.29) is 12.3 Å². The number of unbranched alkanes of at least 4 members (excludes halogenated alkanes) is 31. The van der Waals surface area contributed by atoms with Crippen LogP contribution < -0.4 is 10.6 Å². The Kier molecular flexibility index (Phi) is 43.5. The predicted molar refractivity (Wildman–Crippen MR) is 345 cm³/mol. The maximum Gasteiger partial charge on any atom is 0.220 e. The summed E-state index contributed by atoms with van der Waals surface area (Å²) in [4.78, 5) is 25.5. The molecule has 0 aromatic carbocycles. The molecule has 4 heterocycles. The van der Waals surface area contributed by atoms with Gasteiger partial charge >= 0.3 is 0 Å².